The lowest BCUT2D eigenvalue weighted by atomic mass is 9.79. The molecule has 2 rings (SSSR count). The van der Waals surface area contributed by atoms with Crippen molar-refractivity contribution < 1.29 is 9.53 Å². The molecule has 128 valence electrons. The Morgan fingerprint density at radius 3 is 2.26 bits per heavy atom. The summed E-state index contributed by atoms with van der Waals surface area (Å²) in [6, 6.07) is 7.66. The van der Waals surface area contributed by atoms with Gasteiger partial charge in [-0.2, -0.15) is 0 Å². The highest BCUT2D eigenvalue weighted by molar-refractivity contribution is 9.10. The van der Waals surface area contributed by atoms with E-state index in [0.717, 1.165) is 17.3 Å². The van der Waals surface area contributed by atoms with Gasteiger partial charge in [0.15, 0.2) is 6.10 Å². The number of benzene rings is 1. The van der Waals surface area contributed by atoms with Crippen LogP contribution in [0.3, 0.4) is 0 Å². The van der Waals surface area contributed by atoms with Crippen LogP contribution in [0.25, 0.3) is 0 Å². The molecule has 0 radical (unpaired) electrons. The molecule has 2 N–H and O–H groups in total. The molecule has 1 aromatic rings. The van der Waals surface area contributed by atoms with Crippen LogP contribution >= 0.6 is 15.9 Å². The van der Waals surface area contributed by atoms with Gasteiger partial charge in [0, 0.05) is 21.6 Å². The minimum atomic E-state index is -0.516. The molecule has 23 heavy (non-hydrogen) atoms. The van der Waals surface area contributed by atoms with Gasteiger partial charge in [-0.05, 0) is 71.7 Å². The van der Waals surface area contributed by atoms with Crippen molar-refractivity contribution in [1.29, 1.82) is 0 Å². The lowest BCUT2D eigenvalue weighted by Crippen LogP contribution is -2.62. The lowest BCUT2D eigenvalue weighted by molar-refractivity contribution is -0.128. The molecule has 1 amide bonds. The number of hydrogen-bond donors (Lipinski definition) is 2. The van der Waals surface area contributed by atoms with Crippen LogP contribution in [0.15, 0.2) is 28.7 Å². The molecule has 1 aliphatic rings. The zero-order chi connectivity index (χ0) is 17.3. The fraction of sp³-hybridized carbons (Fsp3) is 0.611. The average molecular weight is 383 g/mol. The van der Waals surface area contributed by atoms with Crippen molar-refractivity contribution in [2.45, 2.75) is 70.7 Å². The van der Waals surface area contributed by atoms with Crippen molar-refractivity contribution in [1.82, 2.24) is 10.6 Å². The molecule has 1 saturated heterocycles. The molecule has 0 aliphatic carbocycles. The van der Waals surface area contributed by atoms with Crippen LogP contribution in [-0.2, 0) is 4.79 Å². The third-order valence-corrected chi connectivity index (χ3v) is 4.56. The first-order chi connectivity index (χ1) is 10.6. The van der Waals surface area contributed by atoms with E-state index in [0.29, 0.717) is 5.75 Å². The van der Waals surface area contributed by atoms with Crippen LogP contribution in [-0.4, -0.2) is 29.1 Å². The molecule has 5 heteroatoms. The van der Waals surface area contributed by atoms with E-state index in [1.54, 1.807) is 6.92 Å². The lowest BCUT2D eigenvalue weighted by Gasteiger charge is -2.46. The Morgan fingerprint density at radius 1 is 1.22 bits per heavy atom. The minimum absolute atomic E-state index is 0.00942. The summed E-state index contributed by atoms with van der Waals surface area (Å²) in [5, 5.41) is 6.77. The number of hydrogen-bond acceptors (Lipinski definition) is 3. The number of piperidine rings is 1. The third kappa shape index (κ3) is 5.50. The van der Waals surface area contributed by atoms with Gasteiger partial charge < -0.3 is 15.4 Å². The molecular formula is C18H27BrN2O2. The second-order valence-corrected chi connectivity index (χ2v) is 8.64. The molecule has 0 bridgehead atoms. The van der Waals surface area contributed by atoms with Crippen LogP contribution in [0.5, 0.6) is 5.75 Å². The number of nitrogens with one attached hydrogen (secondary N) is 2. The van der Waals surface area contributed by atoms with Crippen molar-refractivity contribution in [3.8, 4) is 5.75 Å². The average Bonchev–Trinajstić information content (AvgIpc) is 2.37. The molecule has 0 spiro atoms. The van der Waals surface area contributed by atoms with Crippen molar-refractivity contribution in [3.63, 3.8) is 0 Å². The molecule has 1 heterocycles. The maximum absolute atomic E-state index is 12.4. The Balaban J connectivity index is 1.94. The summed E-state index contributed by atoms with van der Waals surface area (Å²) in [5.74, 6) is 0.633. The summed E-state index contributed by atoms with van der Waals surface area (Å²) in [7, 11) is 0. The molecule has 0 saturated carbocycles. The van der Waals surface area contributed by atoms with Gasteiger partial charge in [0.2, 0.25) is 0 Å². The van der Waals surface area contributed by atoms with E-state index >= 15 is 0 Å². The van der Waals surface area contributed by atoms with Crippen molar-refractivity contribution >= 4 is 21.8 Å². The van der Waals surface area contributed by atoms with Crippen molar-refractivity contribution in [2.75, 3.05) is 0 Å². The predicted molar refractivity (Wildman–Crippen MR) is 96.7 cm³/mol. The van der Waals surface area contributed by atoms with Gasteiger partial charge in [-0.3, -0.25) is 4.79 Å². The highest BCUT2D eigenvalue weighted by Gasteiger charge is 2.38. The van der Waals surface area contributed by atoms with Gasteiger partial charge in [-0.15, -0.1) is 0 Å². The van der Waals surface area contributed by atoms with E-state index in [-0.39, 0.29) is 23.0 Å². The van der Waals surface area contributed by atoms with E-state index in [1.165, 1.54) is 0 Å². The van der Waals surface area contributed by atoms with Crippen LogP contribution in [0.1, 0.15) is 47.5 Å². The molecule has 1 unspecified atom stereocenters. The molecule has 0 aromatic heterocycles. The Kier molecular flexibility index (Phi) is 5.41. The zero-order valence-electron chi connectivity index (χ0n) is 14.6. The largest absolute Gasteiger partial charge is 0.481 e. The maximum Gasteiger partial charge on any atom is 0.260 e. The number of carbonyl (C=O) groups excluding carboxylic acids is 1. The van der Waals surface area contributed by atoms with Gasteiger partial charge in [-0.1, -0.05) is 15.9 Å². The molecular weight excluding hydrogens is 356 g/mol. The first kappa shape index (κ1) is 18.3. The first-order valence-corrected chi connectivity index (χ1v) is 8.88. The van der Waals surface area contributed by atoms with Gasteiger partial charge in [0.1, 0.15) is 5.75 Å². The van der Waals surface area contributed by atoms with Crippen LogP contribution in [0.4, 0.5) is 0 Å². The molecule has 1 aliphatic heterocycles. The second-order valence-electron chi connectivity index (χ2n) is 7.72. The maximum atomic E-state index is 12.4. The quantitative estimate of drug-likeness (QED) is 0.835. The third-order valence-electron chi connectivity index (χ3n) is 4.03. The van der Waals surface area contributed by atoms with E-state index < -0.39 is 6.10 Å². The molecule has 1 fully saturated rings. The van der Waals surface area contributed by atoms with Gasteiger partial charge in [0.05, 0.1) is 0 Å². The standard InChI is InChI=1S/C18H27BrN2O2/c1-12(23-15-8-6-13(19)7-9-15)16(22)20-14-10-17(2,3)21-18(4,5)11-14/h6-9,12,14,21H,10-11H2,1-5H3,(H,20,22). The number of carbonyl (C=O) groups is 1. The van der Waals surface area contributed by atoms with E-state index in [1.807, 2.05) is 24.3 Å². The highest BCUT2D eigenvalue weighted by Crippen LogP contribution is 2.28. The summed E-state index contributed by atoms with van der Waals surface area (Å²) in [5.41, 5.74) is 0.0188. The van der Waals surface area contributed by atoms with E-state index in [2.05, 4.69) is 54.3 Å². The fourth-order valence-corrected chi connectivity index (χ4v) is 3.78. The van der Waals surface area contributed by atoms with Gasteiger partial charge in [0.25, 0.3) is 5.91 Å². The topological polar surface area (TPSA) is 50.4 Å². The number of rotatable bonds is 4. The minimum Gasteiger partial charge on any atom is -0.481 e. The Labute approximate surface area is 147 Å². The summed E-state index contributed by atoms with van der Waals surface area (Å²) in [6.45, 7) is 10.5. The summed E-state index contributed by atoms with van der Waals surface area (Å²) in [6.07, 6.45) is 1.30. The fourth-order valence-electron chi connectivity index (χ4n) is 3.51. The first-order valence-electron chi connectivity index (χ1n) is 8.08. The molecule has 1 aromatic carbocycles. The van der Waals surface area contributed by atoms with Gasteiger partial charge >= 0.3 is 0 Å². The van der Waals surface area contributed by atoms with Gasteiger partial charge in [-0.25, -0.2) is 0 Å². The van der Waals surface area contributed by atoms with E-state index in [9.17, 15) is 4.79 Å². The van der Waals surface area contributed by atoms with E-state index in [4.69, 9.17) is 4.74 Å². The molecule has 4 nitrogen and oxygen atoms in total. The summed E-state index contributed by atoms with van der Waals surface area (Å²) < 4.78 is 6.72. The normalized spacial score (nSPS) is 21.5. The van der Waals surface area contributed by atoms with Crippen molar-refractivity contribution in [2.24, 2.45) is 0 Å². The Morgan fingerprint density at radius 2 is 1.74 bits per heavy atom. The highest BCUT2D eigenvalue weighted by atomic mass is 79.9. The predicted octanol–water partition coefficient (Wildman–Crippen LogP) is 3.64. The zero-order valence-corrected chi connectivity index (χ0v) is 16.2. The Bertz CT molecular complexity index is 539. The second kappa shape index (κ2) is 6.81. The smallest absolute Gasteiger partial charge is 0.260 e. The van der Waals surface area contributed by atoms with Crippen molar-refractivity contribution in [3.05, 3.63) is 28.7 Å². The van der Waals surface area contributed by atoms with Crippen LogP contribution in [0, 0.1) is 0 Å². The SMILES string of the molecule is CC(Oc1ccc(Br)cc1)C(=O)NC1CC(C)(C)NC(C)(C)C1. The van der Waals surface area contributed by atoms with Crippen LogP contribution < -0.4 is 15.4 Å². The number of halogens is 1. The number of amides is 1. The summed E-state index contributed by atoms with van der Waals surface area (Å²) >= 11 is 3.39. The Hall–Kier alpha value is -1.07. The van der Waals surface area contributed by atoms with Crippen LogP contribution in [0.2, 0.25) is 0 Å². The summed E-state index contributed by atoms with van der Waals surface area (Å²) in [4.78, 5) is 12.4. The monoisotopic (exact) mass is 382 g/mol. The molecule has 1 atom stereocenters. The number of ether oxygens (including phenoxy) is 1.